The second-order valence-electron chi connectivity index (χ2n) is 0. The van der Waals surface area contributed by atoms with E-state index >= 15 is 0 Å². The summed E-state index contributed by atoms with van der Waals surface area (Å²) >= 11 is 0. The zero-order valence-electron chi connectivity index (χ0n) is 1.21. The van der Waals surface area contributed by atoms with E-state index in [-0.39, 0.29) is 90.9 Å². The van der Waals surface area contributed by atoms with Gasteiger partial charge in [-0.3, -0.25) is 0 Å². The average Bonchev–Trinajstić information content (AvgIpc) is 0. The normalized spacial score (nSPS) is 0. The molecule has 33 valence electrons. The first-order chi connectivity index (χ1) is 0. The van der Waals surface area contributed by atoms with Gasteiger partial charge in [-0.05, 0) is 0 Å². The molecule has 0 aromatic heterocycles. The average molecular weight is 383 g/mol. The molecule has 1 radical (unpaired) electrons. The molecule has 0 atom stereocenters. The Morgan fingerprint density at radius 2 is 1.00 bits per heavy atom. The van der Waals surface area contributed by atoms with Gasteiger partial charge in [-0.15, -0.1) is 0 Å². The van der Waals surface area contributed by atoms with E-state index in [0.717, 1.165) is 0 Å². The van der Waals surface area contributed by atoms with Crippen LogP contribution in [0.2, 0.25) is 0 Å². The van der Waals surface area contributed by atoms with E-state index in [0.29, 0.717) is 0 Å². The smallest absolute Gasteiger partial charge is 0 e. The molecule has 0 spiro atoms. The van der Waals surface area contributed by atoms with Crippen molar-refractivity contribution in [3.05, 3.63) is 0 Å². The summed E-state index contributed by atoms with van der Waals surface area (Å²) in [5.74, 6) is 0. The van der Waals surface area contributed by atoms with E-state index in [1.807, 2.05) is 0 Å². The molecule has 0 rings (SSSR count). The number of hydrogen-bond acceptors (Lipinski definition) is 0. The fourth-order valence-electron chi connectivity index (χ4n) is 0. The van der Waals surface area contributed by atoms with Gasteiger partial charge in [0.15, 0.2) is 17.4 Å². The summed E-state index contributed by atoms with van der Waals surface area (Å²) in [6.07, 6.45) is 0. The Bertz CT molecular complexity index is 11.6. The van der Waals surface area contributed by atoms with E-state index in [2.05, 4.69) is 0 Å². The Morgan fingerprint density at radius 3 is 1.00 bits per heavy atom. The van der Waals surface area contributed by atoms with Gasteiger partial charge < -0.3 is 0 Å². The molecule has 5 heavy (non-hydrogen) atoms. The molecule has 0 aromatic carbocycles. The molecule has 0 nitrogen and oxygen atoms in total. The van der Waals surface area contributed by atoms with E-state index < -0.39 is 0 Å². The minimum atomic E-state index is 0. The van der Waals surface area contributed by atoms with Gasteiger partial charge in [0.1, 0.15) is 0 Å². The van der Waals surface area contributed by atoms with Crippen LogP contribution in [0.1, 0.15) is 0 Å². The topological polar surface area (TPSA) is 0 Å². The molecule has 0 bridgehead atoms. The summed E-state index contributed by atoms with van der Waals surface area (Å²) < 4.78 is 0. The molecule has 0 aliphatic heterocycles. The van der Waals surface area contributed by atoms with Gasteiger partial charge >= 0.3 is 0 Å². The van der Waals surface area contributed by atoms with Crippen molar-refractivity contribution in [3.63, 3.8) is 0 Å². The first-order valence-corrected chi connectivity index (χ1v) is 0. The van der Waals surface area contributed by atoms with E-state index in [1.54, 1.807) is 0 Å². The molecule has 0 heterocycles. The van der Waals surface area contributed by atoms with Crippen LogP contribution < -0.4 is 0 Å². The Labute approximate surface area is 89.6 Å². The molecule has 5 heteroatoms. The second kappa shape index (κ2) is 29.6. The largest absolute Gasteiger partial charge is 0.187 e. The maximum absolute atomic E-state index is 0. The predicted octanol–water partition coefficient (Wildman–Crippen LogP) is -2.38. The minimum absolute atomic E-state index is 0. The van der Waals surface area contributed by atoms with Crippen LogP contribution in [-0.4, -0.2) is 25.8 Å². The van der Waals surface area contributed by atoms with Crippen LogP contribution >= 0.6 is 0 Å². The van der Waals surface area contributed by atoms with Crippen LogP contribution in [0.25, 0.3) is 0 Å². The van der Waals surface area contributed by atoms with Gasteiger partial charge in [-0.2, -0.15) is 0 Å². The van der Waals surface area contributed by atoms with Crippen molar-refractivity contribution in [3.8, 4) is 0 Å². The summed E-state index contributed by atoms with van der Waals surface area (Å²) in [7, 11) is 0. The third kappa shape index (κ3) is 20.2. The standard InChI is InChI=1S/Ag.Al.BH3.Ti.W.3H/h;;1H3;;;;;. The zero-order chi connectivity index (χ0) is 0. The van der Waals surface area contributed by atoms with Crippen LogP contribution in [0.4, 0.5) is 0 Å². The first kappa shape index (κ1) is 46.8. The Hall–Kier alpha value is 2.74. The van der Waals surface area contributed by atoms with Crippen LogP contribution in [-0.2, 0) is 65.2 Å². The van der Waals surface area contributed by atoms with Gasteiger partial charge in [-0.1, -0.05) is 0 Å². The molecule has 0 saturated heterocycles. The van der Waals surface area contributed by atoms with E-state index in [9.17, 15) is 0 Å². The maximum atomic E-state index is 0. The van der Waals surface area contributed by atoms with Gasteiger partial charge in [0.05, 0.1) is 8.41 Å². The molecular formula is H6AgAlBTiW. The zero-order valence-corrected chi connectivity index (χ0v) is 7.19. The van der Waals surface area contributed by atoms with Gasteiger partial charge in [0.2, 0.25) is 0 Å². The summed E-state index contributed by atoms with van der Waals surface area (Å²) in [5.41, 5.74) is 0. The SMILES string of the molecule is B.[Ag].[AlH3].[Ti].[W]. The Morgan fingerprint density at radius 1 is 1.00 bits per heavy atom. The third-order valence-corrected chi connectivity index (χ3v) is 0. The van der Waals surface area contributed by atoms with E-state index in [1.165, 1.54) is 0 Å². The molecule has 0 fully saturated rings. The summed E-state index contributed by atoms with van der Waals surface area (Å²) in [6, 6.07) is 0. The number of hydrogen-bond donors (Lipinski definition) is 0. The van der Waals surface area contributed by atoms with Crippen molar-refractivity contribution >= 4 is 25.8 Å². The van der Waals surface area contributed by atoms with Crippen LogP contribution in [0.3, 0.4) is 0 Å². The van der Waals surface area contributed by atoms with Gasteiger partial charge in [0, 0.05) is 65.2 Å². The van der Waals surface area contributed by atoms with Gasteiger partial charge in [-0.25, -0.2) is 0 Å². The molecule has 0 saturated carbocycles. The molecular weight excluding hydrogens is 377 g/mol. The Balaban J connectivity index is 0. The number of rotatable bonds is 0. The molecule has 0 aromatic rings. The van der Waals surface area contributed by atoms with E-state index in [4.69, 9.17) is 0 Å². The third-order valence-electron chi connectivity index (χ3n) is 0. The van der Waals surface area contributed by atoms with Crippen molar-refractivity contribution in [1.82, 2.24) is 0 Å². The molecule has 0 aliphatic rings. The fourth-order valence-corrected chi connectivity index (χ4v) is 0. The maximum Gasteiger partial charge on any atom is 0.187 e. The van der Waals surface area contributed by atoms with Crippen LogP contribution in [0, 0.1) is 0 Å². The quantitative estimate of drug-likeness (QED) is 0.410. The van der Waals surface area contributed by atoms with Crippen molar-refractivity contribution < 1.29 is 65.2 Å². The molecule has 0 amide bonds. The monoisotopic (exact) mass is 383 g/mol. The molecule has 0 N–H and O–H groups in total. The predicted molar refractivity (Wildman–Crippen MR) is 19.9 cm³/mol. The van der Waals surface area contributed by atoms with Crippen LogP contribution in [0.15, 0.2) is 0 Å². The molecule has 0 unspecified atom stereocenters. The van der Waals surface area contributed by atoms with Crippen molar-refractivity contribution in [2.75, 3.05) is 0 Å². The van der Waals surface area contributed by atoms with Crippen LogP contribution in [0.5, 0.6) is 0 Å². The van der Waals surface area contributed by atoms with Crippen molar-refractivity contribution in [1.29, 1.82) is 0 Å². The summed E-state index contributed by atoms with van der Waals surface area (Å²) in [4.78, 5) is 0. The fraction of sp³-hybridized carbons (Fsp3) is 0. The first-order valence-electron chi connectivity index (χ1n) is 0. The minimum Gasteiger partial charge on any atom is 0 e. The summed E-state index contributed by atoms with van der Waals surface area (Å²) in [6.45, 7) is 0. The van der Waals surface area contributed by atoms with Gasteiger partial charge in [0.25, 0.3) is 0 Å². The molecule has 0 aliphatic carbocycles. The van der Waals surface area contributed by atoms with Crippen molar-refractivity contribution in [2.45, 2.75) is 0 Å². The second-order valence-corrected chi connectivity index (χ2v) is 0. The van der Waals surface area contributed by atoms with Crippen molar-refractivity contribution in [2.24, 2.45) is 0 Å². The Kier molecular flexibility index (Phi) is 277. The summed E-state index contributed by atoms with van der Waals surface area (Å²) in [5, 5.41) is 0.